The first-order valence-electron chi connectivity index (χ1n) is 6.12. The van der Waals surface area contributed by atoms with Gasteiger partial charge in [-0.05, 0) is 41.8 Å². The molecule has 1 aromatic carbocycles. The second-order valence-electron chi connectivity index (χ2n) is 4.65. The van der Waals surface area contributed by atoms with E-state index in [2.05, 4.69) is 4.98 Å². The quantitative estimate of drug-likeness (QED) is 0.930. The van der Waals surface area contributed by atoms with Gasteiger partial charge in [0, 0.05) is 18.8 Å². The summed E-state index contributed by atoms with van der Waals surface area (Å²) in [6.45, 7) is 1.57. The van der Waals surface area contributed by atoms with Crippen LogP contribution in [0.4, 0.5) is 13.2 Å². The largest absolute Gasteiger partial charge is 0.416 e. The molecule has 1 unspecified atom stereocenters. The predicted molar refractivity (Wildman–Crippen MR) is 69.1 cm³/mol. The number of nitrogens with zero attached hydrogens (tertiary/aromatic N) is 1. The van der Waals surface area contributed by atoms with Gasteiger partial charge in [-0.1, -0.05) is 12.1 Å². The maximum absolute atomic E-state index is 12.6. The van der Waals surface area contributed by atoms with Crippen LogP contribution in [0.25, 0.3) is 0 Å². The molecule has 2 rings (SSSR count). The first kappa shape index (κ1) is 14.5. The van der Waals surface area contributed by atoms with Gasteiger partial charge >= 0.3 is 6.18 Å². The van der Waals surface area contributed by atoms with Gasteiger partial charge in [-0.25, -0.2) is 0 Å². The average molecular weight is 281 g/mol. The zero-order valence-corrected chi connectivity index (χ0v) is 10.9. The molecule has 0 fully saturated rings. The van der Waals surface area contributed by atoms with E-state index in [0.717, 1.165) is 17.7 Å². The maximum atomic E-state index is 12.6. The van der Waals surface area contributed by atoms with E-state index in [1.54, 1.807) is 25.4 Å². The van der Waals surface area contributed by atoms with Crippen molar-refractivity contribution in [2.45, 2.75) is 25.6 Å². The monoisotopic (exact) mass is 281 g/mol. The lowest BCUT2D eigenvalue weighted by Crippen LogP contribution is -2.08. The van der Waals surface area contributed by atoms with Crippen LogP contribution in [0, 0.1) is 6.92 Å². The smallest absolute Gasteiger partial charge is 0.388 e. The number of aliphatic hydroxyl groups is 1. The lowest BCUT2D eigenvalue weighted by Gasteiger charge is -2.16. The first-order valence-corrected chi connectivity index (χ1v) is 6.12. The molecular formula is C15H14F3NO. The van der Waals surface area contributed by atoms with Gasteiger partial charge in [0.1, 0.15) is 0 Å². The molecule has 0 saturated heterocycles. The summed E-state index contributed by atoms with van der Waals surface area (Å²) in [6.07, 6.45) is -1.64. The fourth-order valence-corrected chi connectivity index (χ4v) is 2.08. The topological polar surface area (TPSA) is 33.1 Å². The number of pyridine rings is 1. The lowest BCUT2D eigenvalue weighted by atomic mass is 9.96. The Bertz CT molecular complexity index is 581. The average Bonchev–Trinajstić information content (AvgIpc) is 2.38. The molecule has 1 aromatic heterocycles. The van der Waals surface area contributed by atoms with E-state index in [1.165, 1.54) is 6.07 Å². The number of aliphatic hydroxyl groups excluding tert-OH is 1. The number of alkyl halides is 3. The van der Waals surface area contributed by atoms with Crippen molar-refractivity contribution in [2.75, 3.05) is 0 Å². The highest BCUT2D eigenvalue weighted by atomic mass is 19.4. The van der Waals surface area contributed by atoms with Gasteiger partial charge in [-0.15, -0.1) is 0 Å². The van der Waals surface area contributed by atoms with Gasteiger partial charge in [0.25, 0.3) is 0 Å². The van der Waals surface area contributed by atoms with Crippen LogP contribution in [0.3, 0.4) is 0 Å². The minimum atomic E-state index is -4.36. The van der Waals surface area contributed by atoms with Crippen LogP contribution in [-0.4, -0.2) is 10.1 Å². The Kier molecular flexibility index (Phi) is 4.09. The van der Waals surface area contributed by atoms with Crippen molar-refractivity contribution in [3.8, 4) is 0 Å². The minimum Gasteiger partial charge on any atom is -0.388 e. The van der Waals surface area contributed by atoms with E-state index in [9.17, 15) is 18.3 Å². The summed E-state index contributed by atoms with van der Waals surface area (Å²) in [4.78, 5) is 3.94. The SMILES string of the molecule is Cc1cc(C(F)(F)F)ccc1C(O)Cc1cccnc1. The van der Waals surface area contributed by atoms with E-state index < -0.39 is 17.8 Å². The van der Waals surface area contributed by atoms with Crippen molar-refractivity contribution < 1.29 is 18.3 Å². The highest BCUT2D eigenvalue weighted by Crippen LogP contribution is 2.32. The summed E-state index contributed by atoms with van der Waals surface area (Å²) in [7, 11) is 0. The normalized spacial score (nSPS) is 13.2. The van der Waals surface area contributed by atoms with Crippen LogP contribution < -0.4 is 0 Å². The Morgan fingerprint density at radius 2 is 2.00 bits per heavy atom. The summed E-state index contributed by atoms with van der Waals surface area (Å²) in [5.74, 6) is 0. The molecule has 0 aliphatic carbocycles. The highest BCUT2D eigenvalue weighted by Gasteiger charge is 2.30. The van der Waals surface area contributed by atoms with Crippen LogP contribution in [0.5, 0.6) is 0 Å². The number of benzene rings is 1. The molecule has 106 valence electrons. The number of halogens is 3. The summed E-state index contributed by atoms with van der Waals surface area (Å²) in [5.41, 5.74) is 1.06. The Balaban J connectivity index is 2.21. The zero-order chi connectivity index (χ0) is 14.8. The molecule has 2 aromatic rings. The second kappa shape index (κ2) is 5.63. The molecule has 1 atom stereocenters. The fourth-order valence-electron chi connectivity index (χ4n) is 2.08. The molecule has 5 heteroatoms. The summed E-state index contributed by atoms with van der Waals surface area (Å²) >= 11 is 0. The van der Waals surface area contributed by atoms with Gasteiger partial charge in [-0.3, -0.25) is 4.98 Å². The molecule has 0 aliphatic rings. The summed E-state index contributed by atoms with van der Waals surface area (Å²) in [6, 6.07) is 6.95. The molecule has 2 nitrogen and oxygen atoms in total. The van der Waals surface area contributed by atoms with Crippen molar-refractivity contribution in [1.82, 2.24) is 4.98 Å². The third-order valence-electron chi connectivity index (χ3n) is 3.11. The molecule has 0 amide bonds. The summed E-state index contributed by atoms with van der Waals surface area (Å²) in [5, 5.41) is 10.1. The van der Waals surface area contributed by atoms with Crippen LogP contribution in [0.2, 0.25) is 0 Å². The van der Waals surface area contributed by atoms with Crippen molar-refractivity contribution in [1.29, 1.82) is 0 Å². The fraction of sp³-hybridized carbons (Fsp3) is 0.267. The Labute approximate surface area is 114 Å². The van der Waals surface area contributed by atoms with Crippen LogP contribution >= 0.6 is 0 Å². The number of aryl methyl sites for hydroxylation is 1. The number of aromatic nitrogens is 1. The Morgan fingerprint density at radius 3 is 2.55 bits per heavy atom. The lowest BCUT2D eigenvalue weighted by molar-refractivity contribution is -0.137. The van der Waals surface area contributed by atoms with Crippen LogP contribution in [0.1, 0.15) is 28.4 Å². The molecular weight excluding hydrogens is 267 g/mol. The molecule has 0 bridgehead atoms. The van der Waals surface area contributed by atoms with Gasteiger partial charge in [0.15, 0.2) is 0 Å². The van der Waals surface area contributed by atoms with E-state index in [-0.39, 0.29) is 0 Å². The third-order valence-corrected chi connectivity index (χ3v) is 3.11. The minimum absolute atomic E-state index is 0.319. The van der Waals surface area contributed by atoms with Crippen molar-refractivity contribution in [3.63, 3.8) is 0 Å². The third kappa shape index (κ3) is 3.36. The zero-order valence-electron chi connectivity index (χ0n) is 10.9. The van der Waals surface area contributed by atoms with E-state index in [4.69, 9.17) is 0 Å². The maximum Gasteiger partial charge on any atom is 0.416 e. The molecule has 0 saturated carbocycles. The molecule has 1 heterocycles. The molecule has 0 spiro atoms. The molecule has 0 aliphatic heterocycles. The van der Waals surface area contributed by atoms with Crippen molar-refractivity contribution in [3.05, 3.63) is 65.0 Å². The first-order chi connectivity index (χ1) is 9.38. The van der Waals surface area contributed by atoms with E-state index >= 15 is 0 Å². The second-order valence-corrected chi connectivity index (χ2v) is 4.65. The van der Waals surface area contributed by atoms with Crippen LogP contribution in [-0.2, 0) is 12.6 Å². The van der Waals surface area contributed by atoms with Gasteiger partial charge in [-0.2, -0.15) is 13.2 Å². The number of hydrogen-bond acceptors (Lipinski definition) is 2. The summed E-state index contributed by atoms with van der Waals surface area (Å²) < 4.78 is 37.7. The van der Waals surface area contributed by atoms with Gasteiger partial charge < -0.3 is 5.11 Å². The number of hydrogen-bond donors (Lipinski definition) is 1. The molecule has 0 radical (unpaired) electrons. The standard InChI is InChI=1S/C15H14F3NO/c1-10-7-12(15(16,17)18)4-5-13(10)14(20)8-11-3-2-6-19-9-11/h2-7,9,14,20H,8H2,1H3. The molecule has 1 N–H and O–H groups in total. The highest BCUT2D eigenvalue weighted by molar-refractivity contribution is 5.34. The van der Waals surface area contributed by atoms with Crippen molar-refractivity contribution >= 4 is 0 Å². The van der Waals surface area contributed by atoms with E-state index in [0.29, 0.717) is 17.5 Å². The van der Waals surface area contributed by atoms with E-state index in [1.807, 2.05) is 6.07 Å². The molecule has 20 heavy (non-hydrogen) atoms. The Hall–Kier alpha value is -1.88. The van der Waals surface area contributed by atoms with Gasteiger partial charge in [0.05, 0.1) is 11.7 Å². The van der Waals surface area contributed by atoms with Gasteiger partial charge in [0.2, 0.25) is 0 Å². The predicted octanol–water partition coefficient (Wildman–Crippen LogP) is 3.68. The van der Waals surface area contributed by atoms with Crippen LogP contribution in [0.15, 0.2) is 42.7 Å². The van der Waals surface area contributed by atoms with Crippen molar-refractivity contribution in [2.24, 2.45) is 0 Å². The Morgan fingerprint density at radius 1 is 1.25 bits per heavy atom. The number of rotatable bonds is 3.